The number of aryl methyl sites for hydroxylation is 2. The Morgan fingerprint density at radius 2 is 1.21 bits per heavy atom. The summed E-state index contributed by atoms with van der Waals surface area (Å²) in [6.45, 7) is 9.42. The molecular weight excluding hydrogens is 375 g/mol. The summed E-state index contributed by atoms with van der Waals surface area (Å²) in [6.07, 6.45) is -0.0650. The largest absolute Gasteiger partial charge is 0.493 e. The average Bonchev–Trinajstić information content (AvgIpc) is 2.67. The Morgan fingerprint density at radius 3 is 1.64 bits per heavy atom. The maximum atomic E-state index is 13.8. The van der Waals surface area contributed by atoms with Gasteiger partial charge < -0.3 is 14.0 Å². The van der Waals surface area contributed by atoms with Crippen molar-refractivity contribution in [3.05, 3.63) is 58.7 Å². The van der Waals surface area contributed by atoms with Crippen molar-refractivity contribution in [2.24, 2.45) is 0 Å². The van der Waals surface area contributed by atoms with Gasteiger partial charge in [0.15, 0.2) is 0 Å². The topological polar surface area (TPSA) is 69.7 Å². The summed E-state index contributed by atoms with van der Waals surface area (Å²) in [5, 5.41) is 0. The molecule has 0 saturated carbocycles. The number of ether oxygens (including phenoxy) is 2. The summed E-state index contributed by atoms with van der Waals surface area (Å²) >= 11 is 0. The van der Waals surface area contributed by atoms with Crippen molar-refractivity contribution in [3.63, 3.8) is 0 Å². The smallest absolute Gasteiger partial charge is 0.236 e. The third-order valence-corrected chi connectivity index (χ3v) is 7.25. The highest BCUT2D eigenvalue weighted by Gasteiger charge is 2.42. The van der Waals surface area contributed by atoms with Gasteiger partial charge in [0.1, 0.15) is 17.1 Å². The number of hydrogen-bond donors (Lipinski definition) is 0. The van der Waals surface area contributed by atoms with E-state index in [0.717, 1.165) is 0 Å². The van der Waals surface area contributed by atoms with Crippen LogP contribution < -0.4 is 9.47 Å². The Labute approximate surface area is 166 Å². The third-order valence-electron chi connectivity index (χ3n) is 4.60. The minimum Gasteiger partial charge on any atom is -0.493 e. The van der Waals surface area contributed by atoms with Crippen LogP contribution in [0.5, 0.6) is 11.5 Å². The Bertz CT molecular complexity index is 888. The molecule has 0 aliphatic heterocycles. The fourth-order valence-electron chi connectivity index (χ4n) is 3.17. The van der Waals surface area contributed by atoms with Crippen molar-refractivity contribution in [2.75, 3.05) is 19.4 Å². The summed E-state index contributed by atoms with van der Waals surface area (Å²) in [5.74, 6) is 0.558. The van der Waals surface area contributed by atoms with E-state index in [2.05, 4.69) is 0 Å². The van der Waals surface area contributed by atoms with Crippen LogP contribution in [0.3, 0.4) is 0 Å². The molecule has 1 atom stereocenters. The molecule has 2 aromatic rings. The standard InChI is InChI=1S/C22H27O5P/c1-6-26-17-13-10-14-18(27-7-2)20(17)22(24)28(25,8-3)21(23)19-15(4)11-9-12-16(19)5/h9-14H,6-8H2,1-5H3. The number of carbonyl (C=O) groups excluding carboxylic acids is 2. The zero-order valence-electron chi connectivity index (χ0n) is 17.1. The SMILES string of the molecule is CCOc1cccc(OCC)c1C(=O)P(=O)(CC)C(=O)c1c(C)cccc1C. The molecule has 0 radical (unpaired) electrons. The van der Waals surface area contributed by atoms with Crippen LogP contribution in [0, 0.1) is 13.8 Å². The van der Waals surface area contributed by atoms with Gasteiger partial charge in [-0.2, -0.15) is 0 Å². The van der Waals surface area contributed by atoms with E-state index in [1.54, 1.807) is 65.0 Å². The summed E-state index contributed by atoms with van der Waals surface area (Å²) in [5.41, 5.74) is 0.521. The van der Waals surface area contributed by atoms with Gasteiger partial charge in [-0.25, -0.2) is 0 Å². The molecule has 0 fully saturated rings. The molecule has 0 spiro atoms. The molecule has 0 aliphatic rings. The van der Waals surface area contributed by atoms with E-state index in [9.17, 15) is 14.2 Å². The molecule has 0 N–H and O–H groups in total. The Morgan fingerprint density at radius 1 is 0.786 bits per heavy atom. The van der Waals surface area contributed by atoms with Gasteiger partial charge in [0.05, 0.1) is 13.2 Å². The van der Waals surface area contributed by atoms with Crippen molar-refractivity contribution in [1.29, 1.82) is 0 Å². The van der Waals surface area contributed by atoms with E-state index in [4.69, 9.17) is 9.47 Å². The second-order valence-corrected chi connectivity index (χ2v) is 9.35. The second kappa shape index (κ2) is 9.20. The van der Waals surface area contributed by atoms with E-state index in [1.165, 1.54) is 0 Å². The molecule has 28 heavy (non-hydrogen) atoms. The van der Waals surface area contributed by atoms with Gasteiger partial charge in [-0.15, -0.1) is 0 Å². The molecule has 0 heterocycles. The van der Waals surface area contributed by atoms with Crippen molar-refractivity contribution < 1.29 is 23.6 Å². The van der Waals surface area contributed by atoms with Gasteiger partial charge in [-0.05, 0) is 51.0 Å². The first-order valence-corrected chi connectivity index (χ1v) is 11.3. The summed E-state index contributed by atoms with van der Waals surface area (Å²) < 4.78 is 25.0. The third kappa shape index (κ3) is 4.05. The Hall–Kier alpha value is -2.39. The summed E-state index contributed by atoms with van der Waals surface area (Å²) in [7, 11) is -3.92. The van der Waals surface area contributed by atoms with E-state index in [-0.39, 0.29) is 23.2 Å². The van der Waals surface area contributed by atoms with Gasteiger partial charge >= 0.3 is 0 Å². The van der Waals surface area contributed by atoms with E-state index < -0.39 is 18.2 Å². The zero-order valence-corrected chi connectivity index (χ0v) is 18.0. The van der Waals surface area contributed by atoms with Gasteiger partial charge in [0.2, 0.25) is 18.2 Å². The minimum absolute atomic E-state index is 0.0650. The van der Waals surface area contributed by atoms with Crippen molar-refractivity contribution in [2.45, 2.75) is 34.6 Å². The molecule has 2 rings (SSSR count). The molecule has 150 valence electrons. The van der Waals surface area contributed by atoms with Crippen LogP contribution in [-0.4, -0.2) is 30.4 Å². The van der Waals surface area contributed by atoms with Crippen LogP contribution in [-0.2, 0) is 4.57 Å². The molecule has 0 bridgehead atoms. The number of carbonyl (C=O) groups is 2. The van der Waals surface area contributed by atoms with Gasteiger partial charge in [0, 0.05) is 11.7 Å². The summed E-state index contributed by atoms with van der Waals surface area (Å²) in [4.78, 5) is 26.8. The van der Waals surface area contributed by atoms with Crippen molar-refractivity contribution >= 4 is 18.2 Å². The Balaban J connectivity index is 2.65. The lowest BCUT2D eigenvalue weighted by molar-refractivity contribution is 0.103. The molecule has 0 amide bonds. The molecule has 1 unspecified atom stereocenters. The zero-order chi connectivity index (χ0) is 20.9. The monoisotopic (exact) mass is 402 g/mol. The predicted molar refractivity (Wildman–Crippen MR) is 112 cm³/mol. The first-order chi connectivity index (χ1) is 13.3. The molecule has 0 aliphatic carbocycles. The van der Waals surface area contributed by atoms with Gasteiger partial charge in [0.25, 0.3) is 0 Å². The molecule has 5 nitrogen and oxygen atoms in total. The van der Waals surface area contributed by atoms with E-state index >= 15 is 0 Å². The van der Waals surface area contributed by atoms with Crippen LogP contribution >= 0.6 is 7.14 Å². The van der Waals surface area contributed by atoms with Crippen LogP contribution in [0.4, 0.5) is 0 Å². The molecule has 2 aromatic carbocycles. The highest BCUT2D eigenvalue weighted by atomic mass is 31.2. The molecule has 0 aromatic heterocycles. The van der Waals surface area contributed by atoms with Crippen LogP contribution in [0.1, 0.15) is 52.6 Å². The maximum Gasteiger partial charge on any atom is 0.236 e. The fourth-order valence-corrected chi connectivity index (χ4v) is 5.22. The molecule has 0 saturated heterocycles. The normalized spacial score (nSPS) is 12.9. The highest BCUT2D eigenvalue weighted by molar-refractivity contribution is 7.95. The minimum atomic E-state index is -3.92. The van der Waals surface area contributed by atoms with Crippen LogP contribution in [0.25, 0.3) is 0 Å². The number of hydrogen-bond acceptors (Lipinski definition) is 5. The predicted octanol–water partition coefficient (Wildman–Crippen LogP) is 5.46. The lowest BCUT2D eigenvalue weighted by Gasteiger charge is -2.20. The van der Waals surface area contributed by atoms with Gasteiger partial charge in [-0.3, -0.25) is 9.59 Å². The van der Waals surface area contributed by atoms with Crippen LogP contribution in [0.2, 0.25) is 0 Å². The average molecular weight is 402 g/mol. The van der Waals surface area contributed by atoms with Crippen molar-refractivity contribution in [1.82, 2.24) is 0 Å². The van der Waals surface area contributed by atoms with Crippen LogP contribution in [0.15, 0.2) is 36.4 Å². The first-order valence-electron chi connectivity index (χ1n) is 9.45. The number of benzene rings is 2. The Kier molecular flexibility index (Phi) is 7.20. The molecule has 6 heteroatoms. The molecular formula is C22H27O5P. The van der Waals surface area contributed by atoms with Gasteiger partial charge in [-0.1, -0.05) is 31.2 Å². The lowest BCUT2D eigenvalue weighted by Crippen LogP contribution is -2.16. The fraction of sp³-hybridized carbons (Fsp3) is 0.364. The lowest BCUT2D eigenvalue weighted by atomic mass is 10.0. The highest BCUT2D eigenvalue weighted by Crippen LogP contribution is 2.54. The number of rotatable bonds is 9. The summed E-state index contributed by atoms with van der Waals surface area (Å²) in [6, 6.07) is 10.4. The van der Waals surface area contributed by atoms with E-state index in [0.29, 0.717) is 29.9 Å². The first kappa shape index (κ1) is 21.9. The quantitative estimate of drug-likeness (QED) is 0.521. The van der Waals surface area contributed by atoms with Crippen molar-refractivity contribution in [3.8, 4) is 11.5 Å². The maximum absolute atomic E-state index is 13.8. The second-order valence-electron chi connectivity index (χ2n) is 6.43. The van der Waals surface area contributed by atoms with E-state index in [1.807, 2.05) is 6.07 Å².